The van der Waals surface area contributed by atoms with Crippen LogP contribution in [0.3, 0.4) is 0 Å². The van der Waals surface area contributed by atoms with Crippen molar-refractivity contribution in [3.8, 4) is 6.07 Å². The quantitative estimate of drug-likeness (QED) is 0.577. The zero-order chi connectivity index (χ0) is 16.7. The molecule has 0 N–H and O–H groups in total. The first-order chi connectivity index (χ1) is 10.4. The molecule has 0 saturated carbocycles. The van der Waals surface area contributed by atoms with Crippen molar-refractivity contribution in [1.82, 2.24) is 14.7 Å². The monoisotopic (exact) mass is 304 g/mol. The van der Waals surface area contributed by atoms with Gasteiger partial charge >= 0.3 is 5.97 Å². The van der Waals surface area contributed by atoms with E-state index in [0.717, 1.165) is 17.0 Å². The number of carbonyl (C=O) groups is 2. The number of hydrogen-bond donors (Lipinski definition) is 0. The van der Waals surface area contributed by atoms with Crippen LogP contribution in [-0.2, 0) is 21.4 Å². The van der Waals surface area contributed by atoms with Gasteiger partial charge in [0.25, 0.3) is 5.91 Å². The number of hydrogen-bond acceptors (Lipinski definition) is 5. The summed E-state index contributed by atoms with van der Waals surface area (Å²) >= 11 is 0. The molecule has 0 spiro atoms. The molecule has 0 fully saturated rings. The van der Waals surface area contributed by atoms with Gasteiger partial charge in [-0.15, -0.1) is 0 Å². The third-order valence-electron chi connectivity index (χ3n) is 3.27. The van der Waals surface area contributed by atoms with Crippen LogP contribution in [0.5, 0.6) is 0 Å². The number of aromatic nitrogens is 2. The zero-order valence-corrected chi connectivity index (χ0v) is 13.3. The molecule has 1 heterocycles. The second-order valence-electron chi connectivity index (χ2n) is 4.87. The largest absolute Gasteiger partial charge is 0.452 e. The summed E-state index contributed by atoms with van der Waals surface area (Å²) in [6, 6.07) is 1.95. The number of esters is 1. The van der Waals surface area contributed by atoms with Crippen LogP contribution in [0.4, 0.5) is 0 Å². The first-order valence-corrected chi connectivity index (χ1v) is 6.82. The Labute approximate surface area is 129 Å². The Morgan fingerprint density at radius 2 is 2.14 bits per heavy atom. The van der Waals surface area contributed by atoms with Gasteiger partial charge in [0.15, 0.2) is 6.61 Å². The van der Waals surface area contributed by atoms with Crippen LogP contribution >= 0.6 is 0 Å². The summed E-state index contributed by atoms with van der Waals surface area (Å²) in [5.41, 5.74) is 2.61. The van der Waals surface area contributed by atoms with Crippen molar-refractivity contribution >= 4 is 18.0 Å². The van der Waals surface area contributed by atoms with E-state index in [4.69, 9.17) is 10.00 Å². The van der Waals surface area contributed by atoms with Gasteiger partial charge in [0.1, 0.15) is 0 Å². The highest BCUT2D eigenvalue weighted by Gasteiger charge is 2.11. The maximum atomic E-state index is 11.6. The normalized spacial score (nSPS) is 10.5. The average molecular weight is 304 g/mol. The number of carbonyl (C=O) groups excluding carboxylic acids is 2. The van der Waals surface area contributed by atoms with Crippen molar-refractivity contribution in [2.45, 2.75) is 20.3 Å². The lowest BCUT2D eigenvalue weighted by atomic mass is 10.2. The van der Waals surface area contributed by atoms with Gasteiger partial charge in [-0.2, -0.15) is 10.4 Å². The topological polar surface area (TPSA) is 88.2 Å². The molecular formula is C15H20N4O3. The molecule has 118 valence electrons. The molecule has 0 bridgehead atoms. The summed E-state index contributed by atoms with van der Waals surface area (Å²) in [4.78, 5) is 24.6. The Morgan fingerprint density at radius 3 is 2.68 bits per heavy atom. The van der Waals surface area contributed by atoms with Crippen LogP contribution in [0, 0.1) is 25.2 Å². The van der Waals surface area contributed by atoms with Gasteiger partial charge in [-0.25, -0.2) is 4.79 Å². The van der Waals surface area contributed by atoms with Crippen molar-refractivity contribution in [2.75, 3.05) is 20.2 Å². The molecule has 7 heteroatoms. The lowest BCUT2D eigenvalue weighted by Crippen LogP contribution is -2.31. The summed E-state index contributed by atoms with van der Waals surface area (Å²) in [7, 11) is 3.39. The van der Waals surface area contributed by atoms with Crippen molar-refractivity contribution in [2.24, 2.45) is 7.05 Å². The van der Waals surface area contributed by atoms with E-state index in [9.17, 15) is 9.59 Å². The van der Waals surface area contributed by atoms with E-state index < -0.39 is 5.97 Å². The van der Waals surface area contributed by atoms with E-state index in [2.05, 4.69) is 5.10 Å². The standard InChI is InChI=1S/C15H20N4O3/c1-11-13(12(2)19(4)17-11)6-7-15(21)22-10-14(20)18(3)9-5-8-16/h6-7H,5,9-10H2,1-4H3/b7-6+. The van der Waals surface area contributed by atoms with Gasteiger partial charge in [-0.3, -0.25) is 9.48 Å². The van der Waals surface area contributed by atoms with E-state index in [0.29, 0.717) is 6.54 Å². The highest BCUT2D eigenvalue weighted by atomic mass is 16.5. The fraction of sp³-hybridized carbons (Fsp3) is 0.467. The van der Waals surface area contributed by atoms with Gasteiger partial charge < -0.3 is 9.64 Å². The van der Waals surface area contributed by atoms with Crippen LogP contribution in [0.2, 0.25) is 0 Å². The predicted octanol–water partition coefficient (Wildman–Crippen LogP) is 0.965. The number of ether oxygens (including phenoxy) is 1. The van der Waals surface area contributed by atoms with Crippen LogP contribution < -0.4 is 0 Å². The Hall–Kier alpha value is -2.62. The molecule has 0 aromatic carbocycles. The molecule has 1 aromatic rings. The number of likely N-dealkylation sites (N-methyl/N-ethyl adjacent to an activating group) is 1. The van der Waals surface area contributed by atoms with Crippen molar-refractivity contribution in [3.05, 3.63) is 23.0 Å². The van der Waals surface area contributed by atoms with E-state index in [1.807, 2.05) is 27.0 Å². The van der Waals surface area contributed by atoms with E-state index in [1.54, 1.807) is 17.8 Å². The second kappa shape index (κ2) is 7.98. The fourth-order valence-corrected chi connectivity index (χ4v) is 1.82. The van der Waals surface area contributed by atoms with Crippen molar-refractivity contribution in [3.63, 3.8) is 0 Å². The molecule has 1 aromatic heterocycles. The first kappa shape index (κ1) is 17.4. The molecule has 0 atom stereocenters. The highest BCUT2D eigenvalue weighted by Crippen LogP contribution is 2.13. The molecule has 0 saturated heterocycles. The van der Waals surface area contributed by atoms with Crippen LogP contribution in [-0.4, -0.2) is 46.8 Å². The molecule has 7 nitrogen and oxygen atoms in total. The van der Waals surface area contributed by atoms with Gasteiger partial charge in [0.2, 0.25) is 0 Å². The summed E-state index contributed by atoms with van der Waals surface area (Å²) < 4.78 is 6.62. The van der Waals surface area contributed by atoms with Crippen LogP contribution in [0.1, 0.15) is 23.4 Å². The summed E-state index contributed by atoms with van der Waals surface area (Å²) in [6.07, 6.45) is 3.15. The van der Waals surface area contributed by atoms with Crippen molar-refractivity contribution < 1.29 is 14.3 Å². The molecule has 0 aliphatic rings. The molecule has 22 heavy (non-hydrogen) atoms. The lowest BCUT2D eigenvalue weighted by molar-refractivity contribution is -0.147. The maximum absolute atomic E-state index is 11.6. The van der Waals surface area contributed by atoms with Gasteiger partial charge in [0.05, 0.1) is 18.2 Å². The Kier molecular flexibility index (Phi) is 6.32. The average Bonchev–Trinajstić information content (AvgIpc) is 2.73. The summed E-state index contributed by atoms with van der Waals surface area (Å²) in [5.74, 6) is -0.935. The minimum Gasteiger partial charge on any atom is -0.452 e. The third kappa shape index (κ3) is 4.74. The first-order valence-electron chi connectivity index (χ1n) is 6.82. The molecule has 0 unspecified atom stereocenters. The Morgan fingerprint density at radius 1 is 1.45 bits per heavy atom. The summed E-state index contributed by atoms with van der Waals surface area (Å²) in [6.45, 7) is 3.73. The van der Waals surface area contributed by atoms with E-state index in [1.165, 1.54) is 11.0 Å². The van der Waals surface area contributed by atoms with Gasteiger partial charge in [-0.1, -0.05) is 0 Å². The number of amides is 1. The SMILES string of the molecule is Cc1nn(C)c(C)c1/C=C/C(=O)OCC(=O)N(C)CCC#N. The molecule has 1 rings (SSSR count). The molecule has 0 radical (unpaired) electrons. The minimum absolute atomic E-state index is 0.246. The minimum atomic E-state index is -0.593. The van der Waals surface area contributed by atoms with Gasteiger partial charge in [-0.05, 0) is 19.9 Å². The van der Waals surface area contributed by atoms with E-state index >= 15 is 0 Å². The number of nitrogens with zero attached hydrogens (tertiary/aromatic N) is 4. The Bertz CT molecular complexity index is 625. The number of rotatable bonds is 6. The fourth-order valence-electron chi connectivity index (χ4n) is 1.82. The molecular weight excluding hydrogens is 284 g/mol. The second-order valence-corrected chi connectivity index (χ2v) is 4.87. The smallest absolute Gasteiger partial charge is 0.331 e. The summed E-state index contributed by atoms with van der Waals surface area (Å²) in [5, 5.41) is 12.7. The third-order valence-corrected chi connectivity index (χ3v) is 3.27. The van der Waals surface area contributed by atoms with Gasteiger partial charge in [0, 0.05) is 38.0 Å². The predicted molar refractivity (Wildman–Crippen MR) is 80.5 cm³/mol. The number of aryl methyl sites for hydroxylation is 2. The van der Waals surface area contributed by atoms with Crippen LogP contribution in [0.15, 0.2) is 6.08 Å². The molecule has 1 amide bonds. The lowest BCUT2D eigenvalue weighted by Gasteiger charge is -2.14. The Balaban J connectivity index is 2.51. The highest BCUT2D eigenvalue weighted by molar-refractivity contribution is 5.89. The van der Waals surface area contributed by atoms with Crippen molar-refractivity contribution in [1.29, 1.82) is 5.26 Å². The van der Waals surface area contributed by atoms with E-state index in [-0.39, 0.29) is 18.9 Å². The maximum Gasteiger partial charge on any atom is 0.331 e. The molecule has 0 aliphatic carbocycles. The zero-order valence-electron chi connectivity index (χ0n) is 13.3. The van der Waals surface area contributed by atoms with Crippen LogP contribution in [0.25, 0.3) is 6.08 Å². The molecule has 0 aliphatic heterocycles. The number of nitriles is 1.